The van der Waals surface area contributed by atoms with Gasteiger partial charge in [-0.2, -0.15) is 0 Å². The zero-order valence-electron chi connectivity index (χ0n) is 11.9. The van der Waals surface area contributed by atoms with E-state index in [1.165, 1.54) is 0 Å². The summed E-state index contributed by atoms with van der Waals surface area (Å²) < 4.78 is 14.4. The Bertz CT molecular complexity index is 375. The van der Waals surface area contributed by atoms with Crippen molar-refractivity contribution in [3.05, 3.63) is 12.7 Å². The third kappa shape index (κ3) is 4.98. The number of nitrogens with one attached hydrogen (secondary N) is 1. The molecule has 1 saturated heterocycles. The summed E-state index contributed by atoms with van der Waals surface area (Å²) in [6.07, 6.45) is -0.650. The zero-order chi connectivity index (χ0) is 16.2. The number of ether oxygens (including phenoxy) is 3. The van der Waals surface area contributed by atoms with Crippen molar-refractivity contribution < 1.29 is 19.3 Å². The highest BCUT2D eigenvalue weighted by atomic mass is 35.6. The Morgan fingerprint density at radius 1 is 1.48 bits per heavy atom. The number of aliphatic hydroxyl groups is 1. The predicted molar refractivity (Wildman–Crippen MR) is 83.2 cm³/mol. The molecule has 0 bridgehead atoms. The summed E-state index contributed by atoms with van der Waals surface area (Å²) in [6.45, 7) is 7.73. The number of aliphatic hydroxyl groups excluding tert-OH is 1. The maximum Gasteiger partial charge on any atom is 0.265 e. The van der Waals surface area contributed by atoms with Crippen molar-refractivity contribution >= 4 is 40.7 Å². The van der Waals surface area contributed by atoms with Crippen molar-refractivity contribution in [1.82, 2.24) is 0 Å². The molecule has 0 spiro atoms. The van der Waals surface area contributed by atoms with Crippen LogP contribution in [-0.2, 0) is 14.2 Å². The van der Waals surface area contributed by atoms with E-state index in [4.69, 9.17) is 54.4 Å². The van der Waals surface area contributed by atoms with Gasteiger partial charge >= 0.3 is 0 Å². The Morgan fingerprint density at radius 2 is 2.10 bits per heavy atom. The van der Waals surface area contributed by atoms with E-state index < -0.39 is 28.2 Å². The summed E-state index contributed by atoms with van der Waals surface area (Å²) in [7, 11) is 0. The summed E-state index contributed by atoms with van der Waals surface area (Å²) in [5, 5.41) is 17.9. The van der Waals surface area contributed by atoms with Crippen molar-refractivity contribution in [2.75, 3.05) is 6.61 Å². The highest BCUT2D eigenvalue weighted by molar-refractivity contribution is 6.76. The van der Waals surface area contributed by atoms with Crippen LogP contribution in [0.25, 0.3) is 0 Å². The molecule has 122 valence electrons. The van der Waals surface area contributed by atoms with Crippen LogP contribution in [-0.4, -0.2) is 46.0 Å². The van der Waals surface area contributed by atoms with E-state index in [9.17, 15) is 5.11 Å². The fourth-order valence-corrected chi connectivity index (χ4v) is 2.37. The number of hydrogen-bond acceptors (Lipinski definition) is 5. The van der Waals surface area contributed by atoms with Crippen LogP contribution in [0.3, 0.4) is 0 Å². The molecule has 1 fully saturated rings. The van der Waals surface area contributed by atoms with E-state index in [-0.39, 0.29) is 18.6 Å². The summed E-state index contributed by atoms with van der Waals surface area (Å²) in [6, 6.07) is 0. The Balaban J connectivity index is 2.83. The molecule has 0 saturated carbocycles. The molecule has 0 radical (unpaired) electrons. The molecule has 0 aromatic carbocycles. The van der Waals surface area contributed by atoms with Crippen LogP contribution in [0.2, 0.25) is 0 Å². The van der Waals surface area contributed by atoms with Gasteiger partial charge in [0.15, 0.2) is 0 Å². The van der Waals surface area contributed by atoms with Gasteiger partial charge in [-0.25, -0.2) is 0 Å². The molecule has 0 amide bonds. The lowest BCUT2D eigenvalue weighted by Gasteiger charge is -2.43. The molecule has 8 heteroatoms. The van der Waals surface area contributed by atoms with Gasteiger partial charge in [0.05, 0.1) is 18.8 Å². The summed E-state index contributed by atoms with van der Waals surface area (Å²) in [5.41, 5.74) is 0. The van der Waals surface area contributed by atoms with E-state index in [1.54, 1.807) is 6.08 Å². The van der Waals surface area contributed by atoms with E-state index >= 15 is 0 Å². The monoisotopic (exact) mass is 359 g/mol. The van der Waals surface area contributed by atoms with Crippen LogP contribution in [0.1, 0.15) is 20.3 Å². The van der Waals surface area contributed by atoms with E-state index in [0.29, 0.717) is 6.42 Å². The predicted octanol–water partition coefficient (Wildman–Crippen LogP) is 3.05. The summed E-state index contributed by atoms with van der Waals surface area (Å²) in [5.74, 6) is -0.657. The molecule has 2 unspecified atom stereocenters. The lowest BCUT2D eigenvalue weighted by molar-refractivity contribution is -0.267. The minimum atomic E-state index is -2.01. The average Bonchev–Trinajstić information content (AvgIpc) is 2.40. The largest absolute Gasteiger partial charge is 0.445 e. The first-order valence-corrected chi connectivity index (χ1v) is 7.74. The fourth-order valence-electron chi connectivity index (χ4n) is 2.23. The summed E-state index contributed by atoms with van der Waals surface area (Å²) in [4.78, 5) is 0. The molecule has 5 atom stereocenters. The smallest absolute Gasteiger partial charge is 0.265 e. The SMILES string of the molecule is C=CCO[C@@H]1C(O)[C@H](OC(=N)C(Cl)(Cl)Cl)OC(CC)[C@@H]1C. The lowest BCUT2D eigenvalue weighted by atomic mass is 9.89. The van der Waals surface area contributed by atoms with Gasteiger partial charge in [0.1, 0.15) is 6.10 Å². The fraction of sp³-hybridized carbons (Fsp3) is 0.769. The Labute approximate surface area is 139 Å². The van der Waals surface area contributed by atoms with Gasteiger partial charge in [-0.1, -0.05) is 54.7 Å². The molecule has 21 heavy (non-hydrogen) atoms. The van der Waals surface area contributed by atoms with Gasteiger partial charge < -0.3 is 19.3 Å². The van der Waals surface area contributed by atoms with E-state index in [1.807, 2.05) is 13.8 Å². The number of alkyl halides is 3. The van der Waals surface area contributed by atoms with Crippen molar-refractivity contribution in [3.8, 4) is 0 Å². The van der Waals surface area contributed by atoms with Crippen LogP contribution in [0, 0.1) is 11.3 Å². The van der Waals surface area contributed by atoms with Crippen LogP contribution >= 0.6 is 34.8 Å². The minimum absolute atomic E-state index is 0.0493. The standard InChI is InChI=1S/C13H20Cl3NO4/c1-4-6-19-10-7(3)8(5-2)20-11(9(10)18)21-12(17)13(14,15)16/h4,7-11,17-18H,1,5-6H2,2-3H3/t7-,8?,9?,10-,11-/m0/s1. The quantitative estimate of drug-likeness (QED) is 0.342. The van der Waals surface area contributed by atoms with E-state index in [0.717, 1.165) is 0 Å². The van der Waals surface area contributed by atoms with Crippen molar-refractivity contribution in [3.63, 3.8) is 0 Å². The van der Waals surface area contributed by atoms with Gasteiger partial charge in [-0.15, -0.1) is 6.58 Å². The topological polar surface area (TPSA) is 71.8 Å². The molecule has 0 aliphatic carbocycles. The van der Waals surface area contributed by atoms with Crippen molar-refractivity contribution in [2.45, 2.75) is 48.7 Å². The van der Waals surface area contributed by atoms with Gasteiger partial charge in [-0.05, 0) is 6.42 Å². The number of hydrogen-bond donors (Lipinski definition) is 2. The highest BCUT2D eigenvalue weighted by Gasteiger charge is 2.45. The molecule has 1 heterocycles. The molecule has 1 rings (SSSR count). The highest BCUT2D eigenvalue weighted by Crippen LogP contribution is 2.33. The zero-order valence-corrected chi connectivity index (χ0v) is 14.2. The molecular formula is C13H20Cl3NO4. The van der Waals surface area contributed by atoms with Crippen LogP contribution in [0.15, 0.2) is 12.7 Å². The molecule has 1 aliphatic rings. The Morgan fingerprint density at radius 3 is 2.57 bits per heavy atom. The minimum Gasteiger partial charge on any atom is -0.445 e. The lowest BCUT2D eigenvalue weighted by Crippen LogP contribution is -2.56. The van der Waals surface area contributed by atoms with Crippen LogP contribution < -0.4 is 0 Å². The maximum atomic E-state index is 10.3. The first-order chi connectivity index (χ1) is 9.72. The molecule has 0 aromatic heterocycles. The van der Waals surface area contributed by atoms with Crippen LogP contribution in [0.5, 0.6) is 0 Å². The molecule has 5 nitrogen and oxygen atoms in total. The number of rotatable bonds is 5. The van der Waals surface area contributed by atoms with Crippen LogP contribution in [0.4, 0.5) is 0 Å². The second kappa shape index (κ2) is 7.99. The van der Waals surface area contributed by atoms with Gasteiger partial charge in [0.25, 0.3) is 3.79 Å². The third-order valence-electron chi connectivity index (χ3n) is 3.33. The van der Waals surface area contributed by atoms with Gasteiger partial charge in [0, 0.05) is 5.92 Å². The Kier molecular flexibility index (Phi) is 7.24. The molecule has 1 aliphatic heterocycles. The van der Waals surface area contributed by atoms with Gasteiger partial charge in [0.2, 0.25) is 12.2 Å². The third-order valence-corrected chi connectivity index (χ3v) is 3.84. The first-order valence-electron chi connectivity index (χ1n) is 6.60. The maximum absolute atomic E-state index is 10.3. The van der Waals surface area contributed by atoms with Gasteiger partial charge in [-0.3, -0.25) is 5.41 Å². The number of halogens is 3. The first kappa shape index (κ1) is 19.0. The van der Waals surface area contributed by atoms with Crippen molar-refractivity contribution in [2.24, 2.45) is 5.92 Å². The average molecular weight is 361 g/mol. The molecule has 2 N–H and O–H groups in total. The summed E-state index contributed by atoms with van der Waals surface area (Å²) >= 11 is 16.7. The molecule has 0 aromatic rings. The van der Waals surface area contributed by atoms with Crippen molar-refractivity contribution in [1.29, 1.82) is 5.41 Å². The second-order valence-corrected chi connectivity index (χ2v) is 7.11. The van der Waals surface area contributed by atoms with E-state index in [2.05, 4.69) is 6.58 Å². The Hall–Kier alpha value is -0.0400. The molecular weight excluding hydrogens is 341 g/mol. The normalized spacial score (nSPS) is 33.5. The second-order valence-electron chi connectivity index (χ2n) is 4.83.